The molecule has 0 radical (unpaired) electrons. The van der Waals surface area contributed by atoms with E-state index in [1.54, 1.807) is 0 Å². The monoisotopic (exact) mass is 356 g/mol. The molecule has 2 heterocycles. The van der Waals surface area contributed by atoms with Crippen LogP contribution in [-0.2, 0) is 19.0 Å². The second kappa shape index (κ2) is 7.53. The van der Waals surface area contributed by atoms with Crippen LogP contribution < -0.4 is 0 Å². The van der Waals surface area contributed by atoms with Gasteiger partial charge in [-0.25, -0.2) is 4.79 Å². The molecule has 0 spiro atoms. The standard InChI is InChI=1S/C12H20O12/c13-1-2-3(14)8(7(18)11(21)22-2)23-12-6(17)4(15)5(16)9(24-12)10(19)20/h2-9,11-18,21H,1H2,(H,19,20)/t2-,3-,4+,5+,6-,7-,8+,9+,11-,12+/m1/s1. The number of carboxylic acids is 1. The van der Waals surface area contributed by atoms with Gasteiger partial charge in [0, 0.05) is 0 Å². The summed E-state index contributed by atoms with van der Waals surface area (Å²) < 4.78 is 14.7. The molecule has 0 bridgehead atoms. The van der Waals surface area contributed by atoms with Gasteiger partial charge in [0.1, 0.15) is 42.7 Å². The van der Waals surface area contributed by atoms with Gasteiger partial charge in [0.25, 0.3) is 0 Å². The van der Waals surface area contributed by atoms with Crippen LogP contribution in [0, 0.1) is 0 Å². The quantitative estimate of drug-likeness (QED) is 0.238. The maximum Gasteiger partial charge on any atom is 0.335 e. The van der Waals surface area contributed by atoms with Crippen LogP contribution in [0.15, 0.2) is 0 Å². The van der Waals surface area contributed by atoms with Gasteiger partial charge in [-0.15, -0.1) is 0 Å². The van der Waals surface area contributed by atoms with Crippen LogP contribution in [0.4, 0.5) is 0 Å². The van der Waals surface area contributed by atoms with Crippen molar-refractivity contribution in [3.8, 4) is 0 Å². The van der Waals surface area contributed by atoms with Crippen molar-refractivity contribution >= 4 is 5.97 Å². The van der Waals surface area contributed by atoms with Gasteiger partial charge in [-0.3, -0.25) is 0 Å². The maximum absolute atomic E-state index is 11.0. The lowest BCUT2D eigenvalue weighted by molar-refractivity contribution is -0.351. The normalized spacial score (nSPS) is 49.8. The fourth-order valence-corrected chi connectivity index (χ4v) is 2.55. The molecule has 140 valence electrons. The highest BCUT2D eigenvalue weighted by atomic mass is 16.7. The molecule has 2 saturated heterocycles. The third kappa shape index (κ3) is 3.52. The second-order valence-corrected chi connectivity index (χ2v) is 5.56. The Labute approximate surface area is 135 Å². The van der Waals surface area contributed by atoms with Gasteiger partial charge in [-0.1, -0.05) is 0 Å². The number of carbonyl (C=O) groups is 1. The minimum Gasteiger partial charge on any atom is -0.479 e. The van der Waals surface area contributed by atoms with Crippen molar-refractivity contribution in [2.24, 2.45) is 0 Å². The lowest BCUT2D eigenvalue weighted by Gasteiger charge is -2.44. The molecule has 0 amide bonds. The molecule has 0 unspecified atom stereocenters. The van der Waals surface area contributed by atoms with Gasteiger partial charge in [0.15, 0.2) is 18.7 Å². The van der Waals surface area contributed by atoms with Gasteiger partial charge in [-0.05, 0) is 0 Å². The predicted octanol–water partition coefficient (Wildman–Crippen LogP) is -5.30. The number of rotatable bonds is 4. The van der Waals surface area contributed by atoms with Crippen molar-refractivity contribution in [3.05, 3.63) is 0 Å². The first kappa shape index (κ1) is 19.4. The van der Waals surface area contributed by atoms with Gasteiger partial charge >= 0.3 is 5.97 Å². The topological polar surface area (TPSA) is 207 Å². The number of hydrogen-bond donors (Lipinski definition) is 8. The van der Waals surface area contributed by atoms with Gasteiger partial charge < -0.3 is 55.1 Å². The van der Waals surface area contributed by atoms with E-state index in [2.05, 4.69) is 0 Å². The number of carboxylic acid groups (broad SMARTS) is 1. The van der Waals surface area contributed by atoms with Gasteiger partial charge in [-0.2, -0.15) is 0 Å². The van der Waals surface area contributed by atoms with E-state index < -0.39 is 74.0 Å². The van der Waals surface area contributed by atoms with Crippen LogP contribution in [0.5, 0.6) is 0 Å². The van der Waals surface area contributed by atoms with E-state index in [-0.39, 0.29) is 0 Å². The maximum atomic E-state index is 11.0. The highest BCUT2D eigenvalue weighted by molar-refractivity contribution is 5.73. The average Bonchev–Trinajstić information content (AvgIpc) is 2.54. The Kier molecular flexibility index (Phi) is 6.09. The fourth-order valence-electron chi connectivity index (χ4n) is 2.55. The van der Waals surface area contributed by atoms with Crippen molar-refractivity contribution in [2.45, 2.75) is 61.4 Å². The summed E-state index contributed by atoms with van der Waals surface area (Å²) in [5, 5.41) is 76.4. The molecular weight excluding hydrogens is 336 g/mol. The molecule has 2 rings (SSSR count). The molecule has 2 aliphatic heterocycles. The lowest BCUT2D eigenvalue weighted by Crippen LogP contribution is -2.65. The summed E-state index contributed by atoms with van der Waals surface area (Å²) in [6, 6.07) is 0. The minimum atomic E-state index is -1.93. The van der Waals surface area contributed by atoms with Crippen molar-refractivity contribution in [2.75, 3.05) is 6.61 Å². The van der Waals surface area contributed by atoms with E-state index >= 15 is 0 Å². The fraction of sp³-hybridized carbons (Fsp3) is 0.917. The van der Waals surface area contributed by atoms with Crippen LogP contribution in [-0.4, -0.2) is 115 Å². The molecule has 12 heteroatoms. The third-order valence-corrected chi connectivity index (χ3v) is 3.94. The van der Waals surface area contributed by atoms with Crippen LogP contribution >= 0.6 is 0 Å². The molecule has 0 aliphatic carbocycles. The van der Waals surface area contributed by atoms with E-state index in [9.17, 15) is 35.4 Å². The summed E-state index contributed by atoms with van der Waals surface area (Å²) in [6.45, 7) is -0.724. The van der Waals surface area contributed by atoms with Crippen LogP contribution in [0.3, 0.4) is 0 Å². The van der Waals surface area contributed by atoms with Crippen molar-refractivity contribution < 1.29 is 59.9 Å². The second-order valence-electron chi connectivity index (χ2n) is 5.56. The summed E-state index contributed by atoms with van der Waals surface area (Å²) in [5.74, 6) is -1.64. The summed E-state index contributed by atoms with van der Waals surface area (Å²) in [6.07, 6.45) is -17.8. The Morgan fingerprint density at radius 2 is 1.50 bits per heavy atom. The molecular formula is C12H20O12. The first-order valence-electron chi connectivity index (χ1n) is 7.07. The molecule has 0 saturated carbocycles. The first-order valence-corrected chi connectivity index (χ1v) is 7.07. The molecule has 8 N–H and O–H groups in total. The summed E-state index contributed by atoms with van der Waals surface area (Å²) in [4.78, 5) is 11.0. The molecule has 24 heavy (non-hydrogen) atoms. The number of hydrogen-bond acceptors (Lipinski definition) is 11. The van der Waals surface area contributed by atoms with Crippen LogP contribution in [0.1, 0.15) is 0 Å². The molecule has 2 aliphatic rings. The van der Waals surface area contributed by atoms with E-state index in [0.717, 1.165) is 0 Å². The van der Waals surface area contributed by atoms with Gasteiger partial charge in [0.2, 0.25) is 0 Å². The molecule has 2 fully saturated rings. The highest BCUT2D eigenvalue weighted by Crippen LogP contribution is 2.28. The SMILES string of the molecule is O=C(O)[C@H]1O[C@H](O[C@@H]2[C@@H](O)[C@H](O)O[C@H](CO)[C@H]2O)[C@H](O)[C@@H](O)[C@@H]1O. The van der Waals surface area contributed by atoms with E-state index in [4.69, 9.17) is 24.4 Å². The predicted molar refractivity (Wildman–Crippen MR) is 69.2 cm³/mol. The van der Waals surface area contributed by atoms with Crippen molar-refractivity contribution in [3.63, 3.8) is 0 Å². The number of aliphatic hydroxyl groups excluding tert-OH is 7. The molecule has 0 aromatic rings. The van der Waals surface area contributed by atoms with E-state index in [0.29, 0.717) is 0 Å². The van der Waals surface area contributed by atoms with Crippen LogP contribution in [0.25, 0.3) is 0 Å². The molecule has 10 atom stereocenters. The van der Waals surface area contributed by atoms with Crippen LogP contribution in [0.2, 0.25) is 0 Å². The molecule has 0 aromatic heterocycles. The van der Waals surface area contributed by atoms with Crippen molar-refractivity contribution in [1.82, 2.24) is 0 Å². The van der Waals surface area contributed by atoms with E-state index in [1.807, 2.05) is 0 Å². The Balaban J connectivity index is 2.16. The minimum absolute atomic E-state index is 0.724. The lowest BCUT2D eigenvalue weighted by atomic mass is 9.97. The number of ether oxygens (including phenoxy) is 3. The zero-order valence-corrected chi connectivity index (χ0v) is 12.2. The third-order valence-electron chi connectivity index (χ3n) is 3.94. The van der Waals surface area contributed by atoms with E-state index in [1.165, 1.54) is 0 Å². The Morgan fingerprint density at radius 3 is 2.04 bits per heavy atom. The number of aliphatic carboxylic acids is 1. The van der Waals surface area contributed by atoms with Gasteiger partial charge in [0.05, 0.1) is 6.61 Å². The zero-order chi connectivity index (χ0) is 18.2. The average molecular weight is 356 g/mol. The smallest absolute Gasteiger partial charge is 0.335 e. The zero-order valence-electron chi connectivity index (χ0n) is 12.2. The molecule has 12 nitrogen and oxygen atoms in total. The highest BCUT2D eigenvalue weighted by Gasteiger charge is 2.51. The Hall–Kier alpha value is -0.930. The number of aliphatic hydroxyl groups is 7. The summed E-state index contributed by atoms with van der Waals surface area (Å²) in [7, 11) is 0. The summed E-state index contributed by atoms with van der Waals surface area (Å²) in [5.41, 5.74) is 0. The first-order chi connectivity index (χ1) is 11.2. The summed E-state index contributed by atoms with van der Waals surface area (Å²) >= 11 is 0. The molecule has 0 aromatic carbocycles. The largest absolute Gasteiger partial charge is 0.479 e. The Bertz CT molecular complexity index is 446. The van der Waals surface area contributed by atoms with Crippen molar-refractivity contribution in [1.29, 1.82) is 0 Å². The Morgan fingerprint density at radius 1 is 0.875 bits per heavy atom.